The lowest BCUT2D eigenvalue weighted by Crippen LogP contribution is -2.37. The summed E-state index contributed by atoms with van der Waals surface area (Å²) in [5.41, 5.74) is 0. The summed E-state index contributed by atoms with van der Waals surface area (Å²) in [6.07, 6.45) is 9.49. The molecule has 3 heteroatoms. The van der Waals surface area contributed by atoms with E-state index in [9.17, 15) is 0 Å². The van der Waals surface area contributed by atoms with E-state index in [1.807, 2.05) is 7.05 Å². The van der Waals surface area contributed by atoms with E-state index >= 15 is 0 Å². The summed E-state index contributed by atoms with van der Waals surface area (Å²) in [4.78, 5) is 4.13. The van der Waals surface area contributed by atoms with Crippen molar-refractivity contribution in [3.63, 3.8) is 0 Å². The van der Waals surface area contributed by atoms with Crippen molar-refractivity contribution in [3.05, 3.63) is 0 Å². The van der Waals surface area contributed by atoms with Crippen LogP contribution in [0.4, 0.5) is 0 Å². The van der Waals surface area contributed by atoms with Gasteiger partial charge in [0.2, 0.25) is 0 Å². The minimum absolute atomic E-state index is 0.925. The first kappa shape index (κ1) is 15.3. The van der Waals surface area contributed by atoms with E-state index in [2.05, 4.69) is 29.5 Å². The topological polar surface area (TPSA) is 36.4 Å². The zero-order valence-corrected chi connectivity index (χ0v) is 11.3. The van der Waals surface area contributed by atoms with Crippen molar-refractivity contribution in [2.75, 3.05) is 20.1 Å². The molecule has 0 atom stereocenters. The first-order valence-electron chi connectivity index (χ1n) is 6.79. The van der Waals surface area contributed by atoms with Crippen molar-refractivity contribution in [3.8, 4) is 0 Å². The van der Waals surface area contributed by atoms with E-state index in [1.165, 1.54) is 44.9 Å². The zero-order chi connectivity index (χ0) is 12.1. The number of hydrogen-bond donors (Lipinski definition) is 2. The molecule has 0 unspecified atom stereocenters. The lowest BCUT2D eigenvalue weighted by Gasteiger charge is -2.09. The van der Waals surface area contributed by atoms with Crippen LogP contribution in [0.3, 0.4) is 0 Å². The molecule has 0 saturated heterocycles. The summed E-state index contributed by atoms with van der Waals surface area (Å²) < 4.78 is 0. The van der Waals surface area contributed by atoms with Crippen molar-refractivity contribution >= 4 is 5.96 Å². The molecular weight excluding hydrogens is 198 g/mol. The number of unbranched alkanes of at least 4 members (excludes halogenated alkanes) is 6. The average molecular weight is 227 g/mol. The number of aliphatic imine (C=N–C) groups is 1. The van der Waals surface area contributed by atoms with Crippen LogP contribution in [0, 0.1) is 0 Å². The summed E-state index contributed by atoms with van der Waals surface area (Å²) >= 11 is 0. The van der Waals surface area contributed by atoms with Crippen LogP contribution >= 0.6 is 0 Å². The summed E-state index contributed by atoms with van der Waals surface area (Å²) in [6, 6.07) is 0. The minimum Gasteiger partial charge on any atom is -0.357 e. The Morgan fingerprint density at radius 3 is 2.06 bits per heavy atom. The van der Waals surface area contributed by atoms with Gasteiger partial charge < -0.3 is 10.6 Å². The lowest BCUT2D eigenvalue weighted by molar-refractivity contribution is 0.584. The molecular formula is C13H29N3. The number of guanidine groups is 1. The van der Waals surface area contributed by atoms with E-state index in [0.717, 1.165) is 19.0 Å². The summed E-state index contributed by atoms with van der Waals surface area (Å²) in [5, 5.41) is 6.50. The fourth-order valence-corrected chi connectivity index (χ4v) is 1.68. The Morgan fingerprint density at radius 2 is 1.50 bits per heavy atom. The van der Waals surface area contributed by atoms with Crippen molar-refractivity contribution < 1.29 is 0 Å². The van der Waals surface area contributed by atoms with Crippen LogP contribution in [0.1, 0.15) is 58.8 Å². The normalized spacial score (nSPS) is 11.6. The van der Waals surface area contributed by atoms with Gasteiger partial charge in [-0.05, 0) is 13.3 Å². The minimum atomic E-state index is 0.925. The molecule has 2 N–H and O–H groups in total. The zero-order valence-electron chi connectivity index (χ0n) is 11.3. The van der Waals surface area contributed by atoms with E-state index < -0.39 is 0 Å². The summed E-state index contributed by atoms with van der Waals surface area (Å²) in [5.74, 6) is 0.925. The van der Waals surface area contributed by atoms with Crippen LogP contribution < -0.4 is 10.6 Å². The second kappa shape index (κ2) is 12.3. The van der Waals surface area contributed by atoms with Crippen molar-refractivity contribution in [1.29, 1.82) is 0 Å². The predicted molar refractivity (Wildman–Crippen MR) is 73.0 cm³/mol. The van der Waals surface area contributed by atoms with Gasteiger partial charge in [-0.3, -0.25) is 4.99 Å². The SMILES string of the molecule is CCCCCCCCCNC(=NC)NCC. The molecule has 0 aromatic heterocycles. The molecule has 0 rings (SSSR count). The van der Waals surface area contributed by atoms with Gasteiger partial charge in [0.25, 0.3) is 0 Å². The standard InChI is InChI=1S/C13H29N3/c1-4-6-7-8-9-10-11-12-16-13(14-3)15-5-2/h4-12H2,1-3H3,(H2,14,15,16). The van der Waals surface area contributed by atoms with E-state index in [0.29, 0.717) is 0 Å². The van der Waals surface area contributed by atoms with Crippen molar-refractivity contribution in [1.82, 2.24) is 10.6 Å². The fraction of sp³-hybridized carbons (Fsp3) is 0.923. The van der Waals surface area contributed by atoms with E-state index in [4.69, 9.17) is 0 Å². The Kier molecular flexibility index (Phi) is 11.8. The Bertz CT molecular complexity index is 167. The summed E-state index contributed by atoms with van der Waals surface area (Å²) in [7, 11) is 1.82. The quantitative estimate of drug-likeness (QED) is 0.361. The number of nitrogens with one attached hydrogen (secondary N) is 2. The smallest absolute Gasteiger partial charge is 0.190 e. The highest BCUT2D eigenvalue weighted by Gasteiger charge is 1.94. The maximum absolute atomic E-state index is 4.13. The molecule has 0 radical (unpaired) electrons. The fourth-order valence-electron chi connectivity index (χ4n) is 1.68. The molecule has 0 spiro atoms. The third-order valence-electron chi connectivity index (χ3n) is 2.64. The largest absolute Gasteiger partial charge is 0.357 e. The molecule has 0 aromatic rings. The van der Waals surface area contributed by atoms with Crippen LogP contribution in [0.15, 0.2) is 4.99 Å². The third kappa shape index (κ3) is 9.81. The Balaban J connectivity index is 3.19. The van der Waals surface area contributed by atoms with Gasteiger partial charge in [-0.1, -0.05) is 45.4 Å². The molecule has 0 aliphatic heterocycles. The van der Waals surface area contributed by atoms with Crippen LogP contribution in [-0.4, -0.2) is 26.1 Å². The van der Waals surface area contributed by atoms with E-state index in [-0.39, 0.29) is 0 Å². The van der Waals surface area contributed by atoms with Crippen LogP contribution in [-0.2, 0) is 0 Å². The molecule has 0 saturated carbocycles. The van der Waals surface area contributed by atoms with Crippen LogP contribution in [0.2, 0.25) is 0 Å². The Labute approximate surface area is 101 Å². The van der Waals surface area contributed by atoms with Gasteiger partial charge in [-0.2, -0.15) is 0 Å². The molecule has 0 bridgehead atoms. The lowest BCUT2D eigenvalue weighted by atomic mass is 10.1. The second-order valence-corrected chi connectivity index (χ2v) is 4.15. The molecule has 3 nitrogen and oxygen atoms in total. The van der Waals surface area contributed by atoms with Gasteiger partial charge >= 0.3 is 0 Å². The maximum atomic E-state index is 4.13. The predicted octanol–water partition coefficient (Wildman–Crippen LogP) is 2.92. The summed E-state index contributed by atoms with van der Waals surface area (Å²) in [6.45, 7) is 6.31. The Morgan fingerprint density at radius 1 is 0.875 bits per heavy atom. The molecule has 0 heterocycles. The Hall–Kier alpha value is -0.730. The molecule has 0 aromatic carbocycles. The van der Waals surface area contributed by atoms with Crippen LogP contribution in [0.5, 0.6) is 0 Å². The van der Waals surface area contributed by atoms with Crippen LogP contribution in [0.25, 0.3) is 0 Å². The maximum Gasteiger partial charge on any atom is 0.190 e. The molecule has 96 valence electrons. The molecule has 0 aliphatic rings. The van der Waals surface area contributed by atoms with Gasteiger partial charge in [-0.15, -0.1) is 0 Å². The van der Waals surface area contributed by atoms with Gasteiger partial charge in [0.05, 0.1) is 0 Å². The van der Waals surface area contributed by atoms with Gasteiger partial charge in [-0.25, -0.2) is 0 Å². The first-order chi connectivity index (χ1) is 7.85. The average Bonchev–Trinajstić information content (AvgIpc) is 2.31. The second-order valence-electron chi connectivity index (χ2n) is 4.15. The third-order valence-corrected chi connectivity index (χ3v) is 2.64. The highest BCUT2D eigenvalue weighted by atomic mass is 15.2. The number of hydrogen-bond acceptors (Lipinski definition) is 1. The molecule has 16 heavy (non-hydrogen) atoms. The molecule has 0 aliphatic carbocycles. The molecule has 0 fully saturated rings. The highest BCUT2D eigenvalue weighted by Crippen LogP contribution is 2.06. The van der Waals surface area contributed by atoms with Gasteiger partial charge in [0.15, 0.2) is 5.96 Å². The van der Waals surface area contributed by atoms with Gasteiger partial charge in [0.1, 0.15) is 0 Å². The van der Waals surface area contributed by atoms with Gasteiger partial charge in [0, 0.05) is 20.1 Å². The number of nitrogens with zero attached hydrogens (tertiary/aromatic N) is 1. The van der Waals surface area contributed by atoms with E-state index in [1.54, 1.807) is 0 Å². The first-order valence-corrected chi connectivity index (χ1v) is 6.79. The van der Waals surface area contributed by atoms with Crippen molar-refractivity contribution in [2.24, 2.45) is 4.99 Å². The molecule has 0 amide bonds. The monoisotopic (exact) mass is 227 g/mol. The highest BCUT2D eigenvalue weighted by molar-refractivity contribution is 5.79. The number of rotatable bonds is 9. The van der Waals surface area contributed by atoms with Crippen molar-refractivity contribution in [2.45, 2.75) is 58.8 Å².